The van der Waals surface area contributed by atoms with Crippen LogP contribution >= 0.6 is 0 Å². The number of hydrogen-bond acceptors (Lipinski definition) is 4. The van der Waals surface area contributed by atoms with E-state index in [1.54, 1.807) is 0 Å². The van der Waals surface area contributed by atoms with Gasteiger partial charge in [-0.05, 0) is 26.2 Å². The Kier molecular flexibility index (Phi) is 15.3. The monoisotopic (exact) mass is 281 g/mol. The van der Waals surface area contributed by atoms with Crippen LogP contribution in [0.25, 0.3) is 0 Å². The van der Waals surface area contributed by atoms with E-state index in [1.807, 2.05) is 0 Å². The Balaban J connectivity index is 0. The summed E-state index contributed by atoms with van der Waals surface area (Å²) >= 11 is 0. The minimum atomic E-state index is 0. The molecule has 0 heterocycles. The topological polar surface area (TPSA) is 104 Å². The minimum absolute atomic E-state index is 0. The molecule has 0 aliphatic rings. The maximum absolute atomic E-state index is 5.64. The van der Waals surface area contributed by atoms with E-state index in [4.69, 9.17) is 22.9 Å². The first kappa shape index (κ1) is 20.4. The average molecular weight is 282 g/mol. The number of halogens is 1. The van der Waals surface area contributed by atoms with Crippen molar-refractivity contribution in [2.75, 3.05) is 52.4 Å². The van der Waals surface area contributed by atoms with E-state index in [1.165, 1.54) is 0 Å². The number of nitrogens with two attached hydrogens (primary N) is 4. The predicted molar refractivity (Wildman–Crippen MR) is 74.4 cm³/mol. The Morgan fingerprint density at radius 2 is 0.722 bits per heavy atom. The van der Waals surface area contributed by atoms with Crippen molar-refractivity contribution in [1.82, 2.24) is 0 Å². The van der Waals surface area contributed by atoms with Gasteiger partial charge in [0.2, 0.25) is 0 Å². The quantitative estimate of drug-likeness (QED) is 0.276. The molecular weight excluding hydrogens is 250 g/mol. The van der Waals surface area contributed by atoms with Gasteiger partial charge in [-0.2, -0.15) is 0 Å². The summed E-state index contributed by atoms with van der Waals surface area (Å²) in [5, 5.41) is 0. The lowest BCUT2D eigenvalue weighted by Crippen LogP contribution is -3.00. The van der Waals surface area contributed by atoms with Gasteiger partial charge < -0.3 is 39.8 Å². The molecule has 0 aliphatic heterocycles. The Morgan fingerprint density at radius 1 is 0.500 bits per heavy atom. The summed E-state index contributed by atoms with van der Waals surface area (Å²) in [4.78, 5) is 0. The van der Waals surface area contributed by atoms with E-state index >= 15 is 0 Å². The zero-order valence-electron chi connectivity index (χ0n) is 11.6. The van der Waals surface area contributed by atoms with Gasteiger partial charge >= 0.3 is 0 Å². The number of hydrogen-bond donors (Lipinski definition) is 4. The van der Waals surface area contributed by atoms with Gasteiger partial charge in [0, 0.05) is 25.7 Å². The molecule has 5 nitrogen and oxygen atoms in total. The highest BCUT2D eigenvalue weighted by Crippen LogP contribution is 2.12. The lowest BCUT2D eigenvalue weighted by Gasteiger charge is -2.39. The SMILES string of the molecule is NCCC[N+](CCCN)(CCCN)CCCN.[Cl-]. The van der Waals surface area contributed by atoms with Crippen LogP contribution < -0.4 is 35.3 Å². The molecule has 0 spiro atoms. The highest BCUT2D eigenvalue weighted by molar-refractivity contribution is 4.52. The second kappa shape index (κ2) is 13.5. The first-order chi connectivity index (χ1) is 8.24. The van der Waals surface area contributed by atoms with Gasteiger partial charge in [-0.15, -0.1) is 0 Å². The van der Waals surface area contributed by atoms with E-state index in [0.717, 1.165) is 82.5 Å². The second-order valence-electron chi connectivity index (χ2n) is 4.80. The first-order valence-electron chi connectivity index (χ1n) is 6.90. The molecule has 0 saturated carbocycles. The summed E-state index contributed by atoms with van der Waals surface area (Å²) in [6, 6.07) is 0. The van der Waals surface area contributed by atoms with Gasteiger partial charge in [0.25, 0.3) is 0 Å². The lowest BCUT2D eigenvalue weighted by molar-refractivity contribution is -0.928. The summed E-state index contributed by atoms with van der Waals surface area (Å²) in [6.07, 6.45) is 4.28. The largest absolute Gasteiger partial charge is 1.00 e. The molecule has 0 aliphatic carbocycles. The summed E-state index contributed by atoms with van der Waals surface area (Å²) < 4.78 is 1.10. The third kappa shape index (κ3) is 9.08. The predicted octanol–water partition coefficient (Wildman–Crippen LogP) is -3.80. The third-order valence-electron chi connectivity index (χ3n) is 3.35. The molecule has 112 valence electrons. The van der Waals surface area contributed by atoms with Crippen LogP contribution in [-0.4, -0.2) is 56.8 Å². The lowest BCUT2D eigenvalue weighted by atomic mass is 10.2. The van der Waals surface area contributed by atoms with Crippen molar-refractivity contribution in [1.29, 1.82) is 0 Å². The van der Waals surface area contributed by atoms with Gasteiger partial charge in [-0.1, -0.05) is 0 Å². The standard InChI is InChI=1S/C12H32N5.ClH/c13-5-1-9-17(10-2-6-14,11-3-7-15)12-4-8-16;/h1-16H2;1H/q+1;/p-1. The molecule has 0 radical (unpaired) electrons. The van der Waals surface area contributed by atoms with Crippen molar-refractivity contribution >= 4 is 0 Å². The fraction of sp³-hybridized carbons (Fsp3) is 1.00. The van der Waals surface area contributed by atoms with E-state index < -0.39 is 0 Å². The number of nitrogens with zero attached hydrogens (tertiary/aromatic N) is 1. The summed E-state index contributed by atoms with van der Waals surface area (Å²) in [7, 11) is 0. The molecule has 0 atom stereocenters. The molecule has 0 aromatic rings. The molecule has 0 unspecified atom stereocenters. The van der Waals surface area contributed by atoms with E-state index in [9.17, 15) is 0 Å². The van der Waals surface area contributed by atoms with Gasteiger partial charge in [0.1, 0.15) is 0 Å². The first-order valence-corrected chi connectivity index (χ1v) is 6.90. The van der Waals surface area contributed by atoms with Crippen molar-refractivity contribution in [3.8, 4) is 0 Å². The summed E-state index contributed by atoms with van der Waals surface area (Å²) in [5.41, 5.74) is 22.6. The van der Waals surface area contributed by atoms with Crippen LogP contribution in [0.15, 0.2) is 0 Å². The fourth-order valence-electron chi connectivity index (χ4n) is 2.38. The summed E-state index contributed by atoms with van der Waals surface area (Å²) in [5.74, 6) is 0. The molecule has 0 amide bonds. The number of quaternary nitrogens is 1. The molecule has 0 rings (SSSR count). The zero-order valence-corrected chi connectivity index (χ0v) is 12.4. The van der Waals surface area contributed by atoms with Crippen LogP contribution in [0, 0.1) is 0 Å². The van der Waals surface area contributed by atoms with Crippen molar-refractivity contribution in [2.45, 2.75) is 25.7 Å². The highest BCUT2D eigenvalue weighted by atomic mass is 35.5. The van der Waals surface area contributed by atoms with Crippen LogP contribution in [0.2, 0.25) is 0 Å². The molecule has 0 bridgehead atoms. The highest BCUT2D eigenvalue weighted by Gasteiger charge is 2.24. The van der Waals surface area contributed by atoms with Gasteiger partial charge in [-0.3, -0.25) is 0 Å². The molecule has 18 heavy (non-hydrogen) atoms. The van der Waals surface area contributed by atoms with Gasteiger partial charge in [-0.25, -0.2) is 0 Å². The van der Waals surface area contributed by atoms with Crippen molar-refractivity contribution in [3.63, 3.8) is 0 Å². The second-order valence-corrected chi connectivity index (χ2v) is 4.80. The minimum Gasteiger partial charge on any atom is -1.00 e. The summed E-state index contributed by atoms with van der Waals surface area (Å²) in [6.45, 7) is 7.57. The molecular formula is C12H32ClN5. The van der Waals surface area contributed by atoms with Crippen LogP contribution in [0.5, 0.6) is 0 Å². The van der Waals surface area contributed by atoms with Crippen molar-refractivity contribution < 1.29 is 16.9 Å². The van der Waals surface area contributed by atoms with Crippen LogP contribution in [0.4, 0.5) is 0 Å². The van der Waals surface area contributed by atoms with Crippen LogP contribution in [0.3, 0.4) is 0 Å². The normalized spacial score (nSPS) is 11.3. The Labute approximate surface area is 118 Å². The molecule has 0 aromatic heterocycles. The molecule has 8 N–H and O–H groups in total. The van der Waals surface area contributed by atoms with E-state index in [0.29, 0.717) is 0 Å². The zero-order chi connectivity index (χ0) is 13.0. The third-order valence-corrected chi connectivity index (χ3v) is 3.35. The van der Waals surface area contributed by atoms with Gasteiger partial charge in [0.15, 0.2) is 0 Å². The van der Waals surface area contributed by atoms with Crippen molar-refractivity contribution in [3.05, 3.63) is 0 Å². The smallest absolute Gasteiger partial charge is 0.0798 e. The average Bonchev–Trinajstić information content (AvgIpc) is 2.37. The number of rotatable bonds is 12. The molecule has 6 heteroatoms. The maximum atomic E-state index is 5.64. The van der Waals surface area contributed by atoms with Crippen molar-refractivity contribution in [2.24, 2.45) is 22.9 Å². The Morgan fingerprint density at radius 3 is 0.889 bits per heavy atom. The van der Waals surface area contributed by atoms with Crippen LogP contribution in [-0.2, 0) is 0 Å². The Bertz CT molecular complexity index is 131. The van der Waals surface area contributed by atoms with E-state index in [-0.39, 0.29) is 12.4 Å². The molecule has 0 fully saturated rings. The fourth-order valence-corrected chi connectivity index (χ4v) is 2.38. The Hall–Kier alpha value is 0.0900. The molecule has 0 saturated heterocycles. The van der Waals surface area contributed by atoms with E-state index in [2.05, 4.69) is 0 Å². The van der Waals surface area contributed by atoms with Gasteiger partial charge in [0.05, 0.1) is 26.2 Å². The molecule has 0 aromatic carbocycles. The maximum Gasteiger partial charge on any atom is 0.0798 e. The van der Waals surface area contributed by atoms with Crippen LogP contribution in [0.1, 0.15) is 25.7 Å².